The van der Waals surface area contributed by atoms with Crippen LogP contribution in [0.3, 0.4) is 0 Å². The fourth-order valence-corrected chi connectivity index (χ4v) is 3.64. The fourth-order valence-electron chi connectivity index (χ4n) is 3.64. The van der Waals surface area contributed by atoms with E-state index in [4.69, 9.17) is 4.42 Å². The number of piperidine rings is 1. The van der Waals surface area contributed by atoms with Crippen molar-refractivity contribution < 1.29 is 4.42 Å². The number of rotatable bonds is 4. The van der Waals surface area contributed by atoms with Gasteiger partial charge in [0.25, 0.3) is 0 Å². The van der Waals surface area contributed by atoms with Crippen LogP contribution >= 0.6 is 0 Å². The Balaban J connectivity index is 1.64. The molecular weight excluding hydrogens is 262 g/mol. The lowest BCUT2D eigenvalue weighted by Crippen LogP contribution is -2.43. The summed E-state index contributed by atoms with van der Waals surface area (Å²) < 4.78 is 5.34. The molecule has 0 aromatic carbocycles. The van der Waals surface area contributed by atoms with Gasteiger partial charge in [0.1, 0.15) is 6.26 Å². The fraction of sp³-hybridized carbons (Fsp3) is 0.706. The van der Waals surface area contributed by atoms with Crippen LogP contribution in [0.1, 0.15) is 38.3 Å². The quantitative estimate of drug-likeness (QED) is 0.798. The van der Waals surface area contributed by atoms with E-state index in [1.807, 2.05) is 13.2 Å². The Morgan fingerprint density at radius 2 is 2.19 bits per heavy atom. The second-order valence-corrected chi connectivity index (χ2v) is 6.88. The van der Waals surface area contributed by atoms with Crippen LogP contribution in [0, 0.1) is 12.8 Å². The molecule has 0 spiro atoms. The molecule has 0 radical (unpaired) electrons. The third-order valence-corrected chi connectivity index (χ3v) is 4.69. The zero-order valence-corrected chi connectivity index (χ0v) is 13.5. The van der Waals surface area contributed by atoms with Gasteiger partial charge in [-0.2, -0.15) is 0 Å². The summed E-state index contributed by atoms with van der Waals surface area (Å²) in [6, 6.07) is 0.701. The summed E-state index contributed by atoms with van der Waals surface area (Å²) >= 11 is 0. The van der Waals surface area contributed by atoms with Gasteiger partial charge < -0.3 is 4.42 Å². The highest BCUT2D eigenvalue weighted by atomic mass is 16.3. The lowest BCUT2D eigenvalue weighted by Gasteiger charge is -2.35. The summed E-state index contributed by atoms with van der Waals surface area (Å²) in [6.45, 7) is 12.0. The van der Waals surface area contributed by atoms with Crippen molar-refractivity contribution in [1.82, 2.24) is 14.8 Å². The standard InChI is InChI=1S/C17H27N3O/c1-13(2)6-7-20-9-15-4-5-17(20)11-19(8-15)10-16-12-21-14(3)18-16/h6,12,15,17H,4-5,7-11H2,1-3H3/t15-,17+/m1/s1. The molecule has 2 bridgehead atoms. The maximum absolute atomic E-state index is 5.34. The molecule has 1 aromatic heterocycles. The van der Waals surface area contributed by atoms with Gasteiger partial charge in [-0.3, -0.25) is 9.80 Å². The van der Waals surface area contributed by atoms with Crippen molar-refractivity contribution in [3.05, 3.63) is 29.5 Å². The lowest BCUT2D eigenvalue weighted by molar-refractivity contribution is 0.146. The number of hydrogen-bond acceptors (Lipinski definition) is 4. The SMILES string of the molecule is CC(C)=CCN1C[C@@H]2CC[C@H]1CN(Cc1coc(C)n1)C2. The first-order chi connectivity index (χ1) is 10.1. The molecule has 4 nitrogen and oxygen atoms in total. The van der Waals surface area contributed by atoms with Crippen molar-refractivity contribution >= 4 is 0 Å². The summed E-state index contributed by atoms with van der Waals surface area (Å²) in [5.41, 5.74) is 2.50. The minimum Gasteiger partial charge on any atom is -0.449 e. The van der Waals surface area contributed by atoms with Gasteiger partial charge in [-0.25, -0.2) is 4.98 Å². The molecule has 0 amide bonds. The first-order valence-corrected chi connectivity index (χ1v) is 8.11. The predicted octanol–water partition coefficient (Wildman–Crippen LogP) is 2.85. The van der Waals surface area contributed by atoms with E-state index in [0.29, 0.717) is 6.04 Å². The van der Waals surface area contributed by atoms with Crippen LogP contribution in [-0.4, -0.2) is 47.0 Å². The van der Waals surface area contributed by atoms with Crippen molar-refractivity contribution in [2.45, 2.75) is 46.2 Å². The van der Waals surface area contributed by atoms with Crippen molar-refractivity contribution in [3.8, 4) is 0 Å². The molecule has 21 heavy (non-hydrogen) atoms. The first kappa shape index (κ1) is 14.8. The highest BCUT2D eigenvalue weighted by Crippen LogP contribution is 2.28. The molecule has 4 rings (SSSR count). The van der Waals surface area contributed by atoms with E-state index >= 15 is 0 Å². The summed E-state index contributed by atoms with van der Waals surface area (Å²) in [5, 5.41) is 0. The second kappa shape index (κ2) is 6.32. The van der Waals surface area contributed by atoms with E-state index in [9.17, 15) is 0 Å². The normalized spacial score (nSPS) is 26.8. The first-order valence-electron chi connectivity index (χ1n) is 8.11. The van der Waals surface area contributed by atoms with E-state index in [1.54, 1.807) is 0 Å². The van der Waals surface area contributed by atoms with Gasteiger partial charge in [-0.15, -0.1) is 0 Å². The molecule has 0 aliphatic carbocycles. The molecule has 3 aliphatic rings. The minimum atomic E-state index is 0.701. The van der Waals surface area contributed by atoms with E-state index < -0.39 is 0 Å². The third kappa shape index (κ3) is 3.74. The van der Waals surface area contributed by atoms with E-state index in [2.05, 4.69) is 34.7 Å². The Morgan fingerprint density at radius 3 is 2.90 bits per heavy atom. The van der Waals surface area contributed by atoms with Crippen molar-refractivity contribution in [2.75, 3.05) is 26.2 Å². The molecule has 4 heteroatoms. The van der Waals surface area contributed by atoms with Gasteiger partial charge in [-0.05, 0) is 32.6 Å². The Morgan fingerprint density at radius 1 is 1.33 bits per heavy atom. The number of oxazole rings is 1. The van der Waals surface area contributed by atoms with Crippen LogP contribution in [0.2, 0.25) is 0 Å². The summed E-state index contributed by atoms with van der Waals surface area (Å²) in [5.74, 6) is 1.58. The van der Waals surface area contributed by atoms with Crippen molar-refractivity contribution in [2.24, 2.45) is 5.92 Å². The van der Waals surface area contributed by atoms with Crippen LogP contribution in [0.25, 0.3) is 0 Å². The number of hydrogen-bond donors (Lipinski definition) is 0. The highest BCUT2D eigenvalue weighted by Gasteiger charge is 2.34. The van der Waals surface area contributed by atoms with Gasteiger partial charge in [0.15, 0.2) is 5.89 Å². The molecule has 0 saturated carbocycles. The maximum atomic E-state index is 5.34. The zero-order valence-electron chi connectivity index (χ0n) is 13.5. The smallest absolute Gasteiger partial charge is 0.191 e. The number of aryl methyl sites for hydroxylation is 1. The number of aromatic nitrogens is 1. The van der Waals surface area contributed by atoms with E-state index in [-0.39, 0.29) is 0 Å². The zero-order chi connectivity index (χ0) is 14.8. The van der Waals surface area contributed by atoms with Gasteiger partial charge in [0, 0.05) is 45.7 Å². The van der Waals surface area contributed by atoms with Crippen molar-refractivity contribution in [3.63, 3.8) is 0 Å². The second-order valence-electron chi connectivity index (χ2n) is 6.88. The molecule has 2 atom stereocenters. The summed E-state index contributed by atoms with van der Waals surface area (Å²) in [6.07, 6.45) is 6.90. The van der Waals surface area contributed by atoms with Crippen LogP contribution in [0.4, 0.5) is 0 Å². The lowest BCUT2D eigenvalue weighted by atomic mass is 9.95. The predicted molar refractivity (Wildman–Crippen MR) is 84.0 cm³/mol. The van der Waals surface area contributed by atoms with Gasteiger partial charge in [0.05, 0.1) is 5.69 Å². The minimum absolute atomic E-state index is 0.701. The molecule has 1 aromatic rings. The third-order valence-electron chi connectivity index (χ3n) is 4.69. The Hall–Kier alpha value is -1.13. The molecule has 3 aliphatic heterocycles. The van der Waals surface area contributed by atoms with Crippen LogP contribution in [-0.2, 0) is 6.54 Å². The largest absolute Gasteiger partial charge is 0.449 e. The molecular formula is C17H27N3O. The monoisotopic (exact) mass is 289 g/mol. The highest BCUT2D eigenvalue weighted by molar-refractivity contribution is 5.00. The van der Waals surface area contributed by atoms with Crippen LogP contribution < -0.4 is 0 Å². The van der Waals surface area contributed by atoms with Gasteiger partial charge in [-0.1, -0.05) is 11.6 Å². The van der Waals surface area contributed by atoms with E-state index in [0.717, 1.165) is 30.6 Å². The van der Waals surface area contributed by atoms with Crippen LogP contribution in [0.15, 0.2) is 22.3 Å². The number of nitrogens with zero attached hydrogens (tertiary/aromatic N) is 3. The molecule has 3 fully saturated rings. The average Bonchev–Trinajstić information content (AvgIpc) is 2.66. The van der Waals surface area contributed by atoms with Crippen molar-refractivity contribution in [1.29, 1.82) is 0 Å². The molecule has 4 heterocycles. The molecule has 116 valence electrons. The Labute approximate surface area is 127 Å². The number of fused-ring (bicyclic) bond motifs is 4. The van der Waals surface area contributed by atoms with Crippen LogP contribution in [0.5, 0.6) is 0 Å². The Kier molecular flexibility index (Phi) is 4.45. The van der Waals surface area contributed by atoms with E-state index in [1.165, 1.54) is 38.0 Å². The maximum Gasteiger partial charge on any atom is 0.191 e. The van der Waals surface area contributed by atoms with Gasteiger partial charge >= 0.3 is 0 Å². The average molecular weight is 289 g/mol. The summed E-state index contributed by atoms with van der Waals surface area (Å²) in [7, 11) is 0. The van der Waals surface area contributed by atoms with Gasteiger partial charge in [0.2, 0.25) is 0 Å². The molecule has 0 N–H and O–H groups in total. The topological polar surface area (TPSA) is 32.5 Å². The summed E-state index contributed by atoms with van der Waals surface area (Å²) in [4.78, 5) is 9.70. The number of allylic oxidation sites excluding steroid dienone is 1. The Bertz CT molecular complexity index is 504. The molecule has 3 saturated heterocycles. The molecule has 0 unspecified atom stereocenters.